The van der Waals surface area contributed by atoms with Crippen LogP contribution in [0.3, 0.4) is 0 Å². The van der Waals surface area contributed by atoms with Gasteiger partial charge >= 0.3 is 0 Å². The van der Waals surface area contributed by atoms with Gasteiger partial charge in [-0.25, -0.2) is 0 Å². The van der Waals surface area contributed by atoms with Gasteiger partial charge in [0.05, 0.1) is 32.8 Å². The van der Waals surface area contributed by atoms with Crippen LogP contribution < -0.4 is 4.74 Å². The topological polar surface area (TPSA) is 86.1 Å². The zero-order chi connectivity index (χ0) is 24.0. The minimum absolute atomic E-state index is 0.0386. The predicted octanol–water partition coefficient (Wildman–Crippen LogP) is 2.49. The van der Waals surface area contributed by atoms with E-state index >= 15 is 0 Å². The molecule has 4 rings (SSSR count). The summed E-state index contributed by atoms with van der Waals surface area (Å²) in [6.07, 6.45) is 2.61. The van der Waals surface area contributed by atoms with E-state index in [0.29, 0.717) is 62.5 Å². The van der Waals surface area contributed by atoms with Crippen molar-refractivity contribution in [1.82, 2.24) is 19.6 Å². The number of ether oxygens (including phenoxy) is 3. The van der Waals surface area contributed by atoms with E-state index in [1.165, 1.54) is 0 Å². The number of rotatable bonds is 8. The molecular formula is C24H31ClN4O5. The van der Waals surface area contributed by atoms with Crippen LogP contribution in [0, 0.1) is 0 Å². The van der Waals surface area contributed by atoms with E-state index in [-0.39, 0.29) is 31.4 Å². The lowest BCUT2D eigenvalue weighted by molar-refractivity contribution is -0.155. The summed E-state index contributed by atoms with van der Waals surface area (Å²) in [4.78, 5) is 30.1. The fraction of sp³-hybridized carbons (Fsp3) is 0.542. The molecule has 2 aliphatic rings. The van der Waals surface area contributed by atoms with Crippen LogP contribution in [-0.2, 0) is 20.8 Å². The Labute approximate surface area is 204 Å². The van der Waals surface area contributed by atoms with Gasteiger partial charge in [-0.2, -0.15) is 5.10 Å². The Kier molecular flexibility index (Phi) is 8.07. The molecule has 2 amide bonds. The van der Waals surface area contributed by atoms with Crippen LogP contribution in [0.15, 0.2) is 36.5 Å². The maximum absolute atomic E-state index is 13.4. The predicted molar refractivity (Wildman–Crippen MR) is 126 cm³/mol. The third kappa shape index (κ3) is 5.89. The van der Waals surface area contributed by atoms with E-state index in [1.54, 1.807) is 51.0 Å². The van der Waals surface area contributed by atoms with Gasteiger partial charge in [0.25, 0.3) is 5.91 Å². The highest BCUT2D eigenvalue weighted by atomic mass is 35.5. The van der Waals surface area contributed by atoms with Gasteiger partial charge in [-0.3, -0.25) is 14.3 Å². The molecule has 0 N–H and O–H groups in total. The van der Waals surface area contributed by atoms with E-state index in [2.05, 4.69) is 5.10 Å². The minimum Gasteiger partial charge on any atom is -0.490 e. The lowest BCUT2D eigenvalue weighted by atomic mass is 9.96. The van der Waals surface area contributed by atoms with Crippen molar-refractivity contribution in [2.45, 2.75) is 31.9 Å². The second-order valence-electron chi connectivity index (χ2n) is 8.61. The highest BCUT2D eigenvalue weighted by Crippen LogP contribution is 2.27. The van der Waals surface area contributed by atoms with Gasteiger partial charge in [-0.15, -0.1) is 0 Å². The number of halogens is 1. The molecule has 0 unspecified atom stereocenters. The monoisotopic (exact) mass is 490 g/mol. The molecule has 0 saturated carbocycles. The number of hydrogen-bond acceptors (Lipinski definition) is 6. The SMILES string of the molecule is CCCn1nccc1C(=O)N1CCO[C@](COc2cccc(Cl)c2)(CC(=O)N2CCOCC2)C1. The van der Waals surface area contributed by atoms with Crippen LogP contribution in [0.25, 0.3) is 0 Å². The van der Waals surface area contributed by atoms with Crippen LogP contribution in [-0.4, -0.2) is 89.6 Å². The standard InChI is InChI=1S/C24H31ClN4O5/c1-2-8-29-21(6-7-26-29)23(31)28-11-14-34-24(17-28,16-22(30)27-9-12-32-13-10-27)18-33-20-5-3-4-19(25)15-20/h3-7,15H,2,8-14,16-18H2,1H3/t24-/m1/s1. The van der Waals surface area contributed by atoms with Crippen molar-refractivity contribution >= 4 is 23.4 Å². The molecule has 0 aliphatic carbocycles. The molecule has 3 heterocycles. The van der Waals surface area contributed by atoms with Crippen LogP contribution in [0.4, 0.5) is 0 Å². The van der Waals surface area contributed by atoms with Crippen LogP contribution in [0.2, 0.25) is 5.02 Å². The number of carbonyl (C=O) groups excluding carboxylic acids is 2. The fourth-order valence-electron chi connectivity index (χ4n) is 4.30. The van der Waals surface area contributed by atoms with Gasteiger partial charge in [0.2, 0.25) is 5.91 Å². The van der Waals surface area contributed by atoms with Crippen molar-refractivity contribution in [1.29, 1.82) is 0 Å². The van der Waals surface area contributed by atoms with Crippen LogP contribution >= 0.6 is 11.6 Å². The largest absolute Gasteiger partial charge is 0.490 e. The van der Waals surface area contributed by atoms with Crippen molar-refractivity contribution in [3.05, 3.63) is 47.2 Å². The summed E-state index contributed by atoms with van der Waals surface area (Å²) in [6, 6.07) is 8.82. The highest BCUT2D eigenvalue weighted by Gasteiger charge is 2.43. The Balaban J connectivity index is 1.53. The molecule has 184 valence electrons. The fourth-order valence-corrected chi connectivity index (χ4v) is 4.48. The molecule has 34 heavy (non-hydrogen) atoms. The zero-order valence-electron chi connectivity index (χ0n) is 19.5. The Morgan fingerprint density at radius 1 is 1.15 bits per heavy atom. The average Bonchev–Trinajstić information content (AvgIpc) is 3.32. The summed E-state index contributed by atoms with van der Waals surface area (Å²) < 4.78 is 19.3. The van der Waals surface area contributed by atoms with Gasteiger partial charge in [-0.1, -0.05) is 24.6 Å². The average molecular weight is 491 g/mol. The van der Waals surface area contributed by atoms with Crippen molar-refractivity contribution in [3.8, 4) is 5.75 Å². The Hall–Kier alpha value is -2.62. The van der Waals surface area contributed by atoms with Gasteiger partial charge < -0.3 is 24.0 Å². The summed E-state index contributed by atoms with van der Waals surface area (Å²) in [5, 5.41) is 4.84. The number of aryl methyl sites for hydroxylation is 1. The summed E-state index contributed by atoms with van der Waals surface area (Å²) in [7, 11) is 0. The summed E-state index contributed by atoms with van der Waals surface area (Å²) >= 11 is 6.10. The smallest absolute Gasteiger partial charge is 0.272 e. The number of amides is 2. The number of carbonyl (C=O) groups is 2. The molecule has 2 saturated heterocycles. The summed E-state index contributed by atoms with van der Waals surface area (Å²) in [5.41, 5.74) is -0.450. The third-order valence-electron chi connectivity index (χ3n) is 6.04. The number of aromatic nitrogens is 2. The zero-order valence-corrected chi connectivity index (χ0v) is 20.2. The molecule has 10 heteroatoms. The number of benzene rings is 1. The quantitative estimate of drug-likeness (QED) is 0.565. The molecule has 1 atom stereocenters. The highest BCUT2D eigenvalue weighted by molar-refractivity contribution is 6.30. The lowest BCUT2D eigenvalue weighted by Gasteiger charge is -2.43. The Morgan fingerprint density at radius 3 is 2.71 bits per heavy atom. The maximum atomic E-state index is 13.4. The van der Waals surface area contributed by atoms with E-state index in [1.807, 2.05) is 6.92 Å². The van der Waals surface area contributed by atoms with Gasteiger partial charge in [0, 0.05) is 37.4 Å². The van der Waals surface area contributed by atoms with Gasteiger partial charge in [-0.05, 0) is 30.7 Å². The molecule has 2 fully saturated rings. The first kappa shape index (κ1) is 24.5. The van der Waals surface area contributed by atoms with Crippen molar-refractivity contribution in [2.75, 3.05) is 52.6 Å². The summed E-state index contributed by atoms with van der Waals surface area (Å²) in [6.45, 7) is 5.92. The van der Waals surface area contributed by atoms with Gasteiger partial charge in [0.1, 0.15) is 23.7 Å². The first-order valence-corrected chi connectivity index (χ1v) is 12.1. The first-order chi connectivity index (χ1) is 16.5. The van der Waals surface area contributed by atoms with Crippen molar-refractivity contribution in [2.24, 2.45) is 0 Å². The van der Waals surface area contributed by atoms with Crippen molar-refractivity contribution in [3.63, 3.8) is 0 Å². The van der Waals surface area contributed by atoms with Crippen LogP contribution in [0.5, 0.6) is 5.75 Å². The van der Waals surface area contributed by atoms with E-state index < -0.39 is 5.60 Å². The molecule has 9 nitrogen and oxygen atoms in total. The lowest BCUT2D eigenvalue weighted by Crippen LogP contribution is -2.59. The summed E-state index contributed by atoms with van der Waals surface area (Å²) in [5.74, 6) is 0.419. The molecule has 1 aromatic carbocycles. The Morgan fingerprint density at radius 2 is 1.94 bits per heavy atom. The second kappa shape index (κ2) is 11.2. The molecule has 2 aromatic rings. The number of hydrogen-bond donors (Lipinski definition) is 0. The third-order valence-corrected chi connectivity index (χ3v) is 6.28. The number of morpholine rings is 2. The molecule has 0 spiro atoms. The van der Waals surface area contributed by atoms with Crippen molar-refractivity contribution < 1.29 is 23.8 Å². The first-order valence-electron chi connectivity index (χ1n) is 11.7. The molecule has 2 aliphatic heterocycles. The normalized spacial score (nSPS) is 20.9. The van der Waals surface area contributed by atoms with Gasteiger partial charge in [0.15, 0.2) is 0 Å². The van der Waals surface area contributed by atoms with E-state index in [4.69, 9.17) is 25.8 Å². The molecule has 0 radical (unpaired) electrons. The molecular weight excluding hydrogens is 460 g/mol. The second-order valence-corrected chi connectivity index (χ2v) is 9.05. The van der Waals surface area contributed by atoms with E-state index in [9.17, 15) is 9.59 Å². The maximum Gasteiger partial charge on any atom is 0.272 e. The van der Waals surface area contributed by atoms with Crippen LogP contribution in [0.1, 0.15) is 30.3 Å². The molecule has 1 aromatic heterocycles. The minimum atomic E-state index is -0.985. The number of nitrogens with zero attached hydrogens (tertiary/aromatic N) is 4. The Bertz CT molecular complexity index is 993. The van der Waals surface area contributed by atoms with E-state index in [0.717, 1.165) is 6.42 Å². The molecule has 0 bridgehead atoms.